The maximum Gasteiger partial charge on any atom is 0.272 e. The summed E-state index contributed by atoms with van der Waals surface area (Å²) in [5.41, 5.74) is 3.34. The second-order valence-corrected chi connectivity index (χ2v) is 7.42. The molecule has 8 heteroatoms. The van der Waals surface area contributed by atoms with Crippen molar-refractivity contribution >= 4 is 39.3 Å². The summed E-state index contributed by atoms with van der Waals surface area (Å²) in [6.45, 7) is 0.220. The molecule has 7 nitrogen and oxygen atoms in total. The number of rotatable bonds is 4. The Labute approximate surface area is 181 Å². The van der Waals surface area contributed by atoms with E-state index in [1.54, 1.807) is 30.6 Å². The van der Waals surface area contributed by atoms with Crippen LogP contribution in [0.2, 0.25) is 5.02 Å². The van der Waals surface area contributed by atoms with E-state index in [1.165, 1.54) is 0 Å². The average molecular weight is 430 g/mol. The number of nitrogens with one attached hydrogen (secondary N) is 2. The summed E-state index contributed by atoms with van der Waals surface area (Å²) in [5.74, 6) is -0.395. The van der Waals surface area contributed by atoms with Crippen LogP contribution in [0.1, 0.15) is 16.1 Å². The zero-order valence-electron chi connectivity index (χ0n) is 16.2. The molecule has 5 aromatic rings. The average Bonchev–Trinajstić information content (AvgIpc) is 3.23. The molecule has 0 unspecified atom stereocenters. The first-order chi connectivity index (χ1) is 15.1. The molecular formula is C23H16ClN5O2. The van der Waals surface area contributed by atoms with Crippen molar-refractivity contribution in [2.75, 3.05) is 0 Å². The summed E-state index contributed by atoms with van der Waals surface area (Å²) in [7, 11) is 0. The number of hydrogen-bond acceptors (Lipinski definition) is 4. The normalized spacial score (nSPS) is 11.1. The Bertz CT molecular complexity index is 1510. The quantitative estimate of drug-likeness (QED) is 0.454. The molecule has 0 saturated heterocycles. The van der Waals surface area contributed by atoms with Crippen LogP contribution in [-0.2, 0) is 6.54 Å². The molecule has 0 radical (unpaired) electrons. The Morgan fingerprint density at radius 2 is 1.81 bits per heavy atom. The zero-order valence-corrected chi connectivity index (χ0v) is 16.9. The molecule has 0 aliphatic rings. The van der Waals surface area contributed by atoms with Crippen LogP contribution in [0.15, 0.2) is 77.9 Å². The van der Waals surface area contributed by atoms with Crippen molar-refractivity contribution in [3.8, 4) is 5.69 Å². The highest BCUT2D eigenvalue weighted by Gasteiger charge is 2.14. The Morgan fingerprint density at radius 3 is 2.65 bits per heavy atom. The Balaban J connectivity index is 1.38. The topological polar surface area (TPSA) is 92.7 Å². The number of carbonyl (C=O) groups is 1. The lowest BCUT2D eigenvalue weighted by Crippen LogP contribution is -2.26. The molecule has 0 atom stereocenters. The molecule has 0 saturated carbocycles. The highest BCUT2D eigenvalue weighted by Crippen LogP contribution is 2.24. The molecule has 2 aromatic heterocycles. The molecule has 2 heterocycles. The van der Waals surface area contributed by atoms with E-state index in [-0.39, 0.29) is 17.8 Å². The third-order valence-electron chi connectivity index (χ3n) is 5.12. The first kappa shape index (κ1) is 19.0. The number of imidazole rings is 1. The molecule has 0 bridgehead atoms. The molecule has 31 heavy (non-hydrogen) atoms. The van der Waals surface area contributed by atoms with Gasteiger partial charge in [0.25, 0.3) is 11.5 Å². The van der Waals surface area contributed by atoms with Gasteiger partial charge in [0.2, 0.25) is 0 Å². The zero-order chi connectivity index (χ0) is 21.4. The molecule has 5 rings (SSSR count). The van der Waals surface area contributed by atoms with Gasteiger partial charge >= 0.3 is 0 Å². The predicted octanol–water partition coefficient (Wildman–Crippen LogP) is 3.85. The first-order valence-electron chi connectivity index (χ1n) is 9.58. The minimum Gasteiger partial charge on any atom is -0.346 e. The molecule has 1 amide bonds. The van der Waals surface area contributed by atoms with E-state index < -0.39 is 5.91 Å². The standard InChI is InChI=1S/C23H16ClN5O2/c24-18-11-15(29-13-26-19-7-3-4-8-20(19)29)10-9-14(18)12-25-23(31)21-16-5-1-2-6-17(16)22(30)28-27-21/h1-11,13H,12H2,(H,25,31)(H,28,30). The monoisotopic (exact) mass is 429 g/mol. The number of carbonyl (C=O) groups excluding carboxylic acids is 1. The fourth-order valence-electron chi connectivity index (χ4n) is 3.54. The molecule has 0 spiro atoms. The van der Waals surface area contributed by atoms with Gasteiger partial charge in [0.05, 0.1) is 16.4 Å². The number of halogens is 1. The van der Waals surface area contributed by atoms with Gasteiger partial charge in [-0.3, -0.25) is 14.2 Å². The molecule has 3 aromatic carbocycles. The molecule has 2 N–H and O–H groups in total. The fourth-order valence-corrected chi connectivity index (χ4v) is 3.78. The van der Waals surface area contributed by atoms with E-state index in [1.807, 2.05) is 47.0 Å². The van der Waals surface area contributed by atoms with Gasteiger partial charge in [-0.1, -0.05) is 48.0 Å². The number of fused-ring (bicyclic) bond motifs is 2. The van der Waals surface area contributed by atoms with E-state index in [0.717, 1.165) is 22.3 Å². The second-order valence-electron chi connectivity index (χ2n) is 7.01. The van der Waals surface area contributed by atoms with Crippen molar-refractivity contribution in [3.63, 3.8) is 0 Å². The minimum atomic E-state index is -0.395. The molecule has 152 valence electrons. The maximum absolute atomic E-state index is 12.7. The summed E-state index contributed by atoms with van der Waals surface area (Å²) < 4.78 is 1.96. The van der Waals surface area contributed by atoms with Crippen LogP contribution in [0.25, 0.3) is 27.5 Å². The van der Waals surface area contributed by atoms with Gasteiger partial charge in [-0.2, -0.15) is 5.10 Å². The highest BCUT2D eigenvalue weighted by atomic mass is 35.5. The lowest BCUT2D eigenvalue weighted by molar-refractivity contribution is 0.0946. The van der Waals surface area contributed by atoms with Crippen molar-refractivity contribution in [1.82, 2.24) is 25.1 Å². The SMILES string of the molecule is O=C(NCc1ccc(-n2cnc3ccccc32)cc1Cl)c1n[nH]c(=O)c2ccccc12. The fraction of sp³-hybridized carbons (Fsp3) is 0.0435. The van der Waals surface area contributed by atoms with E-state index >= 15 is 0 Å². The molecule has 0 aliphatic heterocycles. The number of hydrogen-bond donors (Lipinski definition) is 2. The van der Waals surface area contributed by atoms with Gasteiger partial charge in [-0.25, -0.2) is 10.1 Å². The number of H-pyrrole nitrogens is 1. The van der Waals surface area contributed by atoms with Gasteiger partial charge in [-0.15, -0.1) is 0 Å². The van der Waals surface area contributed by atoms with E-state index in [4.69, 9.17) is 11.6 Å². The smallest absolute Gasteiger partial charge is 0.272 e. The number of amides is 1. The number of nitrogens with zero attached hydrogens (tertiary/aromatic N) is 3. The van der Waals surface area contributed by atoms with Gasteiger partial charge in [0, 0.05) is 22.6 Å². The number of aromatic nitrogens is 4. The van der Waals surface area contributed by atoms with Crippen molar-refractivity contribution in [3.05, 3.63) is 99.7 Å². The van der Waals surface area contributed by atoms with Crippen LogP contribution in [0.4, 0.5) is 0 Å². The summed E-state index contributed by atoms with van der Waals surface area (Å²) >= 11 is 6.49. The minimum absolute atomic E-state index is 0.160. The van der Waals surface area contributed by atoms with Crippen molar-refractivity contribution in [1.29, 1.82) is 0 Å². The molecule has 0 fully saturated rings. The number of benzene rings is 3. The van der Waals surface area contributed by atoms with E-state index in [9.17, 15) is 9.59 Å². The summed E-state index contributed by atoms with van der Waals surface area (Å²) in [5, 5.41) is 10.6. The maximum atomic E-state index is 12.7. The third-order valence-corrected chi connectivity index (χ3v) is 5.47. The summed E-state index contributed by atoms with van der Waals surface area (Å²) in [6, 6.07) is 20.3. The lowest BCUT2D eigenvalue weighted by atomic mass is 10.1. The molecule has 0 aliphatic carbocycles. The summed E-state index contributed by atoms with van der Waals surface area (Å²) in [6.07, 6.45) is 1.75. The van der Waals surface area contributed by atoms with Crippen LogP contribution in [0.3, 0.4) is 0 Å². The Kier molecular flexibility index (Phi) is 4.72. The highest BCUT2D eigenvalue weighted by molar-refractivity contribution is 6.31. The second kappa shape index (κ2) is 7.70. The van der Waals surface area contributed by atoms with Gasteiger partial charge < -0.3 is 5.32 Å². The Morgan fingerprint density at radius 1 is 1.03 bits per heavy atom. The summed E-state index contributed by atoms with van der Waals surface area (Å²) in [4.78, 5) is 29.0. The van der Waals surface area contributed by atoms with Crippen LogP contribution < -0.4 is 10.9 Å². The van der Waals surface area contributed by atoms with Crippen molar-refractivity contribution in [2.24, 2.45) is 0 Å². The Hall–Kier alpha value is -3.97. The number of para-hydroxylation sites is 2. The first-order valence-corrected chi connectivity index (χ1v) is 9.96. The van der Waals surface area contributed by atoms with Crippen LogP contribution in [0.5, 0.6) is 0 Å². The van der Waals surface area contributed by atoms with Crippen LogP contribution in [-0.4, -0.2) is 25.7 Å². The van der Waals surface area contributed by atoms with Gasteiger partial charge in [0.1, 0.15) is 6.33 Å². The largest absolute Gasteiger partial charge is 0.346 e. The van der Waals surface area contributed by atoms with Crippen LogP contribution in [0, 0.1) is 0 Å². The van der Waals surface area contributed by atoms with E-state index in [2.05, 4.69) is 20.5 Å². The molecular weight excluding hydrogens is 414 g/mol. The third kappa shape index (κ3) is 3.45. The van der Waals surface area contributed by atoms with Gasteiger partial charge in [-0.05, 0) is 35.9 Å². The van der Waals surface area contributed by atoms with Gasteiger partial charge in [0.15, 0.2) is 5.69 Å². The van der Waals surface area contributed by atoms with Crippen LogP contribution >= 0.6 is 11.6 Å². The van der Waals surface area contributed by atoms with Crippen molar-refractivity contribution in [2.45, 2.75) is 6.54 Å². The number of aromatic amines is 1. The van der Waals surface area contributed by atoms with Crippen molar-refractivity contribution < 1.29 is 4.79 Å². The predicted molar refractivity (Wildman–Crippen MR) is 120 cm³/mol. The van der Waals surface area contributed by atoms with E-state index in [0.29, 0.717) is 15.8 Å². The lowest BCUT2D eigenvalue weighted by Gasteiger charge is -2.10.